The second kappa shape index (κ2) is 3.30. The van der Waals surface area contributed by atoms with Crippen molar-refractivity contribution >= 4 is 5.91 Å². The maximum atomic E-state index is 12.5. The van der Waals surface area contributed by atoms with Crippen LogP contribution in [0.4, 0.5) is 4.39 Å². The van der Waals surface area contributed by atoms with Crippen LogP contribution in [0, 0.1) is 11.9 Å². The highest BCUT2D eigenvalue weighted by atomic mass is 19.1. The van der Waals surface area contributed by atoms with Crippen molar-refractivity contribution in [3.05, 3.63) is 29.8 Å². The molecule has 0 unspecified atom stereocenters. The Kier molecular flexibility index (Phi) is 2.38. The molecule has 1 aromatic rings. The normalized spacial score (nSPS) is 9.58. The fourth-order valence-electron chi connectivity index (χ4n) is 0.709. The van der Waals surface area contributed by atoms with Gasteiger partial charge >= 0.3 is 0 Å². The maximum absolute atomic E-state index is 12.5. The Morgan fingerprint density at radius 1 is 1.67 bits per heavy atom. The van der Waals surface area contributed by atoms with E-state index in [-0.39, 0.29) is 11.6 Å². The van der Waals surface area contributed by atoms with Gasteiger partial charge in [-0.3, -0.25) is 9.78 Å². The highest BCUT2D eigenvalue weighted by molar-refractivity contribution is 5.91. The largest absolute Gasteiger partial charge is 0.343 e. The van der Waals surface area contributed by atoms with E-state index < -0.39 is 5.82 Å². The van der Waals surface area contributed by atoms with Crippen LogP contribution in [0.3, 0.4) is 0 Å². The zero-order valence-electron chi connectivity index (χ0n) is 6.84. The number of halogens is 1. The summed E-state index contributed by atoms with van der Waals surface area (Å²) < 4.78 is 12.5. The molecule has 1 aromatic heterocycles. The number of hydrogen-bond donors (Lipinski definition) is 0. The molecule has 0 bridgehead atoms. The van der Waals surface area contributed by atoms with Crippen LogP contribution in [0.2, 0.25) is 0 Å². The summed E-state index contributed by atoms with van der Waals surface area (Å²) in [7, 11) is 3.16. The lowest BCUT2D eigenvalue weighted by Crippen LogP contribution is -2.22. The molecule has 0 saturated carbocycles. The number of pyridine rings is 1. The van der Waals surface area contributed by atoms with Crippen LogP contribution < -0.4 is 0 Å². The van der Waals surface area contributed by atoms with E-state index in [1.165, 1.54) is 4.90 Å². The summed E-state index contributed by atoms with van der Waals surface area (Å²) in [5, 5.41) is 0. The molecule has 0 spiro atoms. The van der Waals surface area contributed by atoms with E-state index in [9.17, 15) is 9.18 Å². The molecule has 4 heteroatoms. The molecule has 0 aliphatic rings. The number of amides is 1. The van der Waals surface area contributed by atoms with Crippen LogP contribution in [0.1, 0.15) is 10.5 Å². The van der Waals surface area contributed by atoms with Crippen LogP contribution in [-0.2, 0) is 0 Å². The van der Waals surface area contributed by atoms with Gasteiger partial charge in [-0.25, -0.2) is 4.39 Å². The monoisotopic (exact) mass is 167 g/mol. The molecule has 12 heavy (non-hydrogen) atoms. The van der Waals surface area contributed by atoms with Gasteiger partial charge in [-0.05, 0) is 0 Å². The van der Waals surface area contributed by atoms with Crippen molar-refractivity contribution in [3.8, 4) is 0 Å². The molecule has 3 nitrogen and oxygen atoms in total. The van der Waals surface area contributed by atoms with Gasteiger partial charge in [0.1, 0.15) is 11.5 Å². The summed E-state index contributed by atoms with van der Waals surface area (Å²) in [5.74, 6) is -0.891. The Labute approximate surface area is 69.8 Å². The maximum Gasteiger partial charge on any atom is 0.272 e. The van der Waals surface area contributed by atoms with Crippen LogP contribution in [0.15, 0.2) is 12.3 Å². The van der Waals surface area contributed by atoms with E-state index in [1.807, 2.05) is 0 Å². The van der Waals surface area contributed by atoms with Crippen LogP contribution in [0.25, 0.3) is 0 Å². The average Bonchev–Trinajstić information content (AvgIpc) is 2.03. The summed E-state index contributed by atoms with van der Waals surface area (Å²) >= 11 is 0. The zero-order chi connectivity index (χ0) is 9.14. The van der Waals surface area contributed by atoms with Gasteiger partial charge in [0.05, 0.1) is 0 Å². The minimum Gasteiger partial charge on any atom is -0.343 e. The third-order valence-corrected chi connectivity index (χ3v) is 1.29. The Hall–Kier alpha value is -1.45. The van der Waals surface area contributed by atoms with E-state index in [1.54, 1.807) is 14.1 Å². The van der Waals surface area contributed by atoms with Crippen molar-refractivity contribution in [1.29, 1.82) is 0 Å². The molecule has 0 fully saturated rings. The van der Waals surface area contributed by atoms with Crippen molar-refractivity contribution < 1.29 is 9.18 Å². The van der Waals surface area contributed by atoms with Gasteiger partial charge in [-0.15, -0.1) is 0 Å². The third-order valence-electron chi connectivity index (χ3n) is 1.29. The molecule has 0 aliphatic heterocycles. The molecular formula is C8H8FN2O. The smallest absolute Gasteiger partial charge is 0.272 e. The molecule has 1 rings (SSSR count). The van der Waals surface area contributed by atoms with Gasteiger partial charge in [0.15, 0.2) is 0 Å². The fraction of sp³-hybridized carbons (Fsp3) is 0.250. The van der Waals surface area contributed by atoms with Gasteiger partial charge < -0.3 is 4.90 Å². The lowest BCUT2D eigenvalue weighted by Gasteiger charge is -2.08. The first-order valence-electron chi connectivity index (χ1n) is 3.36. The van der Waals surface area contributed by atoms with Crippen molar-refractivity contribution in [2.45, 2.75) is 0 Å². The van der Waals surface area contributed by atoms with E-state index >= 15 is 0 Å². The quantitative estimate of drug-likeness (QED) is 0.617. The third kappa shape index (κ3) is 1.78. The molecule has 0 saturated heterocycles. The molecule has 0 atom stereocenters. The SMILES string of the molecule is CN(C)C(=O)c1cc(F)[c]cn1. The van der Waals surface area contributed by atoms with Gasteiger partial charge in [0.2, 0.25) is 0 Å². The molecule has 0 N–H and O–H groups in total. The van der Waals surface area contributed by atoms with Crippen molar-refractivity contribution in [3.63, 3.8) is 0 Å². The van der Waals surface area contributed by atoms with Crippen LogP contribution in [-0.4, -0.2) is 29.9 Å². The van der Waals surface area contributed by atoms with Crippen LogP contribution in [0.5, 0.6) is 0 Å². The number of aromatic nitrogens is 1. The van der Waals surface area contributed by atoms with Gasteiger partial charge in [-0.1, -0.05) is 0 Å². The minimum absolute atomic E-state index is 0.0938. The Bertz CT molecular complexity index is 299. The van der Waals surface area contributed by atoms with E-state index in [4.69, 9.17) is 0 Å². The Balaban J connectivity index is 2.96. The van der Waals surface area contributed by atoms with E-state index in [2.05, 4.69) is 11.1 Å². The lowest BCUT2D eigenvalue weighted by molar-refractivity contribution is 0.0821. The number of hydrogen-bond acceptors (Lipinski definition) is 2. The van der Waals surface area contributed by atoms with Gasteiger partial charge in [0.25, 0.3) is 5.91 Å². The summed E-state index contributed by atoms with van der Waals surface area (Å²) in [5.41, 5.74) is 0.0938. The molecule has 63 valence electrons. The number of carbonyl (C=O) groups is 1. The predicted molar refractivity (Wildman–Crippen MR) is 41.0 cm³/mol. The number of rotatable bonds is 1. The van der Waals surface area contributed by atoms with Crippen molar-refractivity contribution in [2.24, 2.45) is 0 Å². The second-order valence-corrected chi connectivity index (χ2v) is 2.48. The molecule has 1 radical (unpaired) electrons. The van der Waals surface area contributed by atoms with E-state index in [0.29, 0.717) is 0 Å². The number of nitrogens with zero attached hydrogens (tertiary/aromatic N) is 2. The Morgan fingerprint density at radius 3 is 2.83 bits per heavy atom. The first kappa shape index (κ1) is 8.64. The summed E-state index contributed by atoms with van der Waals surface area (Å²) in [6, 6.07) is 3.27. The highest BCUT2D eigenvalue weighted by Crippen LogP contribution is 2.00. The summed E-state index contributed by atoms with van der Waals surface area (Å²) in [4.78, 5) is 16.2. The average molecular weight is 167 g/mol. The first-order chi connectivity index (χ1) is 5.61. The number of carbonyl (C=O) groups excluding carboxylic acids is 1. The predicted octanol–water partition coefficient (Wildman–Crippen LogP) is 0.723. The van der Waals surface area contributed by atoms with E-state index in [0.717, 1.165) is 12.3 Å². The highest BCUT2D eigenvalue weighted by Gasteiger charge is 2.09. The first-order valence-corrected chi connectivity index (χ1v) is 3.36. The molecule has 1 heterocycles. The fourth-order valence-corrected chi connectivity index (χ4v) is 0.709. The second-order valence-electron chi connectivity index (χ2n) is 2.48. The molecule has 1 amide bonds. The summed E-state index contributed by atoms with van der Waals surface area (Å²) in [6.07, 6.45) is 1.14. The van der Waals surface area contributed by atoms with Gasteiger partial charge in [0, 0.05) is 32.4 Å². The Morgan fingerprint density at radius 2 is 2.33 bits per heavy atom. The lowest BCUT2D eigenvalue weighted by atomic mass is 10.3. The van der Waals surface area contributed by atoms with Crippen molar-refractivity contribution in [1.82, 2.24) is 9.88 Å². The van der Waals surface area contributed by atoms with Crippen molar-refractivity contribution in [2.75, 3.05) is 14.1 Å². The summed E-state index contributed by atoms with van der Waals surface area (Å²) in [6.45, 7) is 0. The van der Waals surface area contributed by atoms with Crippen LogP contribution >= 0.6 is 0 Å². The standard InChI is InChI=1S/C8H8FN2O/c1-11(2)8(12)7-5-6(9)3-4-10-7/h4-5H,1-2H3. The molecule has 0 aromatic carbocycles. The minimum atomic E-state index is -0.574. The topological polar surface area (TPSA) is 33.2 Å². The molecule has 0 aliphatic carbocycles. The van der Waals surface area contributed by atoms with Gasteiger partial charge in [-0.2, -0.15) is 0 Å². The molecular weight excluding hydrogens is 159 g/mol. The zero-order valence-corrected chi connectivity index (χ0v) is 6.84.